The van der Waals surface area contributed by atoms with Gasteiger partial charge < -0.3 is 25.0 Å². The van der Waals surface area contributed by atoms with Gasteiger partial charge in [-0.05, 0) is 17.7 Å². The van der Waals surface area contributed by atoms with E-state index in [1.165, 1.54) is 25.3 Å². The van der Waals surface area contributed by atoms with E-state index in [0.717, 1.165) is 0 Å². The predicted molar refractivity (Wildman–Crippen MR) is 70.8 cm³/mol. The van der Waals surface area contributed by atoms with Crippen molar-refractivity contribution in [1.82, 2.24) is 0 Å². The number of phenols is 1. The Balaban J connectivity index is 2.57. The third-order valence-corrected chi connectivity index (χ3v) is 2.36. The maximum absolute atomic E-state index is 11.6. The molecule has 0 radical (unpaired) electrons. The van der Waals surface area contributed by atoms with Gasteiger partial charge in [0.1, 0.15) is 12.4 Å². The van der Waals surface area contributed by atoms with Crippen molar-refractivity contribution in [3.8, 4) is 5.75 Å². The third-order valence-electron chi connectivity index (χ3n) is 2.36. The summed E-state index contributed by atoms with van der Waals surface area (Å²) in [5.41, 5.74) is 0.634. The molecule has 1 aromatic rings. The number of hydrogen-bond acceptors (Lipinski definition) is 5. The number of rotatable bonds is 8. The fourth-order valence-electron chi connectivity index (χ4n) is 1.46. The summed E-state index contributed by atoms with van der Waals surface area (Å²) in [6, 6.07) is 4.23. The van der Waals surface area contributed by atoms with E-state index in [0.29, 0.717) is 12.2 Å². The Kier molecular flexibility index (Phi) is 6.48. The summed E-state index contributed by atoms with van der Waals surface area (Å²) in [7, 11) is 1.52. The van der Waals surface area contributed by atoms with E-state index in [4.69, 9.17) is 14.6 Å². The van der Waals surface area contributed by atoms with Gasteiger partial charge in [0.05, 0.1) is 25.3 Å². The van der Waals surface area contributed by atoms with E-state index < -0.39 is 11.9 Å². The fourth-order valence-corrected chi connectivity index (χ4v) is 1.46. The number of hydrogen-bond donors (Lipinski definition) is 3. The van der Waals surface area contributed by atoms with Crippen LogP contribution < -0.4 is 5.32 Å². The van der Waals surface area contributed by atoms with E-state index in [9.17, 15) is 14.7 Å². The van der Waals surface area contributed by atoms with E-state index in [-0.39, 0.29) is 31.1 Å². The summed E-state index contributed by atoms with van der Waals surface area (Å²) < 4.78 is 9.79. The molecule has 1 aromatic carbocycles. The van der Waals surface area contributed by atoms with Crippen LogP contribution in [0.15, 0.2) is 18.2 Å². The standard InChI is InChI=1S/C13H17NO6/c1-19-4-5-20-8-12(16)14-10-6-9(7-13(17)18)2-3-11(10)15/h2-3,6,15H,4-5,7-8H2,1H3,(H,14,16)(H,17,18). The molecule has 110 valence electrons. The molecule has 20 heavy (non-hydrogen) atoms. The first-order valence-corrected chi connectivity index (χ1v) is 5.93. The van der Waals surface area contributed by atoms with Gasteiger partial charge in [-0.15, -0.1) is 0 Å². The Morgan fingerprint density at radius 3 is 2.70 bits per heavy atom. The zero-order valence-electron chi connectivity index (χ0n) is 11.1. The lowest BCUT2D eigenvalue weighted by atomic mass is 10.1. The molecule has 0 fully saturated rings. The topological polar surface area (TPSA) is 105 Å². The van der Waals surface area contributed by atoms with Gasteiger partial charge >= 0.3 is 5.97 Å². The van der Waals surface area contributed by atoms with Crippen LogP contribution in [-0.4, -0.2) is 49.0 Å². The van der Waals surface area contributed by atoms with E-state index in [1.807, 2.05) is 0 Å². The molecule has 0 aromatic heterocycles. The number of carboxylic acids is 1. The maximum Gasteiger partial charge on any atom is 0.307 e. The average Bonchev–Trinajstić information content (AvgIpc) is 2.38. The molecule has 3 N–H and O–H groups in total. The van der Waals surface area contributed by atoms with Crippen molar-refractivity contribution in [3.63, 3.8) is 0 Å². The van der Waals surface area contributed by atoms with E-state index in [1.54, 1.807) is 0 Å². The summed E-state index contributed by atoms with van der Waals surface area (Å²) in [4.78, 5) is 22.2. The van der Waals surface area contributed by atoms with Crippen molar-refractivity contribution >= 4 is 17.6 Å². The second-order valence-corrected chi connectivity index (χ2v) is 4.02. The van der Waals surface area contributed by atoms with Crippen molar-refractivity contribution in [2.45, 2.75) is 6.42 Å². The van der Waals surface area contributed by atoms with Gasteiger partial charge in [-0.2, -0.15) is 0 Å². The lowest BCUT2D eigenvalue weighted by molar-refractivity contribution is -0.136. The number of amides is 1. The first kappa shape index (κ1) is 15.9. The number of carboxylic acid groups (broad SMARTS) is 1. The Hall–Kier alpha value is -2.12. The number of anilines is 1. The molecular formula is C13H17NO6. The molecule has 0 aliphatic heterocycles. The van der Waals surface area contributed by atoms with Crippen LogP contribution in [0.1, 0.15) is 5.56 Å². The molecule has 1 rings (SSSR count). The highest BCUT2D eigenvalue weighted by Gasteiger charge is 2.09. The smallest absolute Gasteiger partial charge is 0.307 e. The summed E-state index contributed by atoms with van der Waals surface area (Å²) in [5, 5.41) is 20.8. The van der Waals surface area contributed by atoms with Crippen LogP contribution >= 0.6 is 0 Å². The predicted octanol–water partition coefficient (Wildman–Crippen LogP) is 0.621. The summed E-state index contributed by atoms with van der Waals surface area (Å²) >= 11 is 0. The van der Waals surface area contributed by atoms with Crippen LogP contribution in [0, 0.1) is 0 Å². The van der Waals surface area contributed by atoms with Crippen LogP contribution in [0.5, 0.6) is 5.75 Å². The second kappa shape index (κ2) is 8.13. The molecule has 0 unspecified atom stereocenters. The second-order valence-electron chi connectivity index (χ2n) is 4.02. The minimum absolute atomic E-state index is 0.135. The minimum Gasteiger partial charge on any atom is -0.506 e. The van der Waals surface area contributed by atoms with Gasteiger partial charge in [0.15, 0.2) is 0 Å². The molecule has 0 atom stereocenters. The lowest BCUT2D eigenvalue weighted by Gasteiger charge is -2.09. The molecule has 0 saturated heterocycles. The quantitative estimate of drug-likeness (QED) is 0.477. The highest BCUT2D eigenvalue weighted by atomic mass is 16.5. The van der Waals surface area contributed by atoms with Crippen LogP contribution in [0.25, 0.3) is 0 Å². The first-order chi connectivity index (χ1) is 9.52. The normalized spacial score (nSPS) is 10.2. The molecule has 0 saturated carbocycles. The van der Waals surface area contributed by atoms with Gasteiger partial charge in [0, 0.05) is 7.11 Å². The molecule has 0 bridgehead atoms. The van der Waals surface area contributed by atoms with Gasteiger partial charge in [-0.3, -0.25) is 9.59 Å². The molecule has 0 aliphatic rings. The number of phenolic OH excluding ortho intramolecular Hbond substituents is 1. The van der Waals surface area contributed by atoms with Gasteiger partial charge in [0.2, 0.25) is 5.91 Å². The number of methoxy groups -OCH3 is 1. The molecule has 1 amide bonds. The number of carbonyl (C=O) groups excluding carboxylic acids is 1. The SMILES string of the molecule is COCCOCC(=O)Nc1cc(CC(=O)O)ccc1O. The zero-order chi connectivity index (χ0) is 15.0. The van der Waals surface area contributed by atoms with E-state index in [2.05, 4.69) is 5.32 Å². The maximum atomic E-state index is 11.6. The van der Waals surface area contributed by atoms with Crippen LogP contribution in [0.2, 0.25) is 0 Å². The monoisotopic (exact) mass is 283 g/mol. The molecular weight excluding hydrogens is 266 g/mol. The van der Waals surface area contributed by atoms with Crippen molar-refractivity contribution < 1.29 is 29.3 Å². The average molecular weight is 283 g/mol. The summed E-state index contributed by atoms with van der Waals surface area (Å²) in [5.74, 6) is -1.57. The Morgan fingerprint density at radius 1 is 1.30 bits per heavy atom. The summed E-state index contributed by atoms with van der Waals surface area (Å²) in [6.07, 6.45) is -0.187. The van der Waals surface area contributed by atoms with Crippen molar-refractivity contribution in [2.75, 3.05) is 32.2 Å². The summed E-state index contributed by atoms with van der Waals surface area (Å²) in [6.45, 7) is 0.494. The number of benzene rings is 1. The highest BCUT2D eigenvalue weighted by molar-refractivity contribution is 5.93. The number of ether oxygens (including phenoxy) is 2. The number of nitrogens with one attached hydrogen (secondary N) is 1. The number of aromatic hydroxyl groups is 1. The zero-order valence-corrected chi connectivity index (χ0v) is 11.1. The van der Waals surface area contributed by atoms with Crippen molar-refractivity contribution in [3.05, 3.63) is 23.8 Å². The molecule has 7 heteroatoms. The number of carbonyl (C=O) groups is 2. The number of aliphatic carboxylic acids is 1. The van der Waals surface area contributed by atoms with Gasteiger partial charge in [-0.25, -0.2) is 0 Å². The fraction of sp³-hybridized carbons (Fsp3) is 0.385. The molecule has 0 spiro atoms. The van der Waals surface area contributed by atoms with Crippen LogP contribution in [0.4, 0.5) is 5.69 Å². The highest BCUT2D eigenvalue weighted by Crippen LogP contribution is 2.24. The minimum atomic E-state index is -0.990. The first-order valence-electron chi connectivity index (χ1n) is 5.93. The Bertz CT molecular complexity index is 474. The Morgan fingerprint density at radius 2 is 2.05 bits per heavy atom. The molecule has 0 heterocycles. The van der Waals surface area contributed by atoms with Gasteiger partial charge in [0.25, 0.3) is 0 Å². The van der Waals surface area contributed by atoms with E-state index >= 15 is 0 Å². The van der Waals surface area contributed by atoms with Gasteiger partial charge in [-0.1, -0.05) is 6.07 Å². The van der Waals surface area contributed by atoms with Crippen molar-refractivity contribution in [1.29, 1.82) is 0 Å². The lowest BCUT2D eigenvalue weighted by Crippen LogP contribution is -2.19. The third kappa shape index (κ3) is 5.68. The largest absolute Gasteiger partial charge is 0.506 e. The molecule has 0 aliphatic carbocycles. The Labute approximate surface area is 116 Å². The van der Waals surface area contributed by atoms with Crippen LogP contribution in [-0.2, 0) is 25.5 Å². The van der Waals surface area contributed by atoms with Crippen LogP contribution in [0.3, 0.4) is 0 Å². The van der Waals surface area contributed by atoms with Crippen molar-refractivity contribution in [2.24, 2.45) is 0 Å². The molecule has 7 nitrogen and oxygen atoms in total.